The molecule has 0 aliphatic heterocycles. The highest BCUT2D eigenvalue weighted by Gasteiger charge is 2.11. The molecule has 0 aliphatic rings. The normalized spacial score (nSPS) is 10.0. The molecule has 0 fully saturated rings. The number of anilines is 1. The van der Waals surface area contributed by atoms with Crippen molar-refractivity contribution in [2.75, 3.05) is 18.0 Å². The maximum Gasteiger partial charge on any atom is 0.335 e. The van der Waals surface area contributed by atoms with Crippen LogP contribution in [0.5, 0.6) is 0 Å². The minimum atomic E-state index is -0.919. The van der Waals surface area contributed by atoms with Gasteiger partial charge in [-0.15, -0.1) is 6.58 Å². The Morgan fingerprint density at radius 1 is 1.53 bits per heavy atom. The molecule has 0 bridgehead atoms. The summed E-state index contributed by atoms with van der Waals surface area (Å²) in [5.41, 5.74) is 1.08. The molecule has 0 saturated carbocycles. The molecule has 4 heteroatoms. The van der Waals surface area contributed by atoms with Crippen molar-refractivity contribution in [2.24, 2.45) is 0 Å². The Hall–Kier alpha value is -1.84. The Labute approximate surface area is 102 Å². The molecule has 1 aromatic heterocycles. The van der Waals surface area contributed by atoms with Crippen LogP contribution in [0.1, 0.15) is 29.9 Å². The third-order valence-corrected chi connectivity index (χ3v) is 2.53. The molecule has 0 unspecified atom stereocenters. The molecule has 1 heterocycles. The van der Waals surface area contributed by atoms with E-state index in [1.54, 1.807) is 18.2 Å². The lowest BCUT2D eigenvalue weighted by Crippen LogP contribution is -2.24. The van der Waals surface area contributed by atoms with Crippen LogP contribution in [-0.4, -0.2) is 29.1 Å². The molecule has 17 heavy (non-hydrogen) atoms. The van der Waals surface area contributed by atoms with Crippen LogP contribution in [-0.2, 0) is 6.42 Å². The summed E-state index contributed by atoms with van der Waals surface area (Å²) in [6.07, 6.45) is 2.50. The molecular weight excluding hydrogens is 216 g/mol. The van der Waals surface area contributed by atoms with E-state index in [0.29, 0.717) is 12.4 Å². The number of likely N-dealkylation sites (N-methyl/N-ethyl adjacent to an activating group) is 1. The van der Waals surface area contributed by atoms with E-state index in [2.05, 4.69) is 11.6 Å². The quantitative estimate of drug-likeness (QED) is 0.768. The number of nitrogens with zero attached hydrogens (tertiary/aromatic N) is 2. The summed E-state index contributed by atoms with van der Waals surface area (Å²) in [6, 6.07) is 3.22. The van der Waals surface area contributed by atoms with Crippen molar-refractivity contribution in [3.63, 3.8) is 0 Å². The minimum absolute atomic E-state index is 0.286. The van der Waals surface area contributed by atoms with Gasteiger partial charge in [-0.25, -0.2) is 9.78 Å². The van der Waals surface area contributed by atoms with Crippen LogP contribution in [0.2, 0.25) is 0 Å². The number of hydrogen-bond donors (Lipinski definition) is 1. The summed E-state index contributed by atoms with van der Waals surface area (Å²) < 4.78 is 0. The van der Waals surface area contributed by atoms with Crippen molar-refractivity contribution in [2.45, 2.75) is 20.3 Å². The van der Waals surface area contributed by atoms with Crippen molar-refractivity contribution in [1.82, 2.24) is 4.98 Å². The molecule has 0 atom stereocenters. The number of hydrogen-bond acceptors (Lipinski definition) is 3. The van der Waals surface area contributed by atoms with Crippen LogP contribution in [0.15, 0.2) is 24.8 Å². The first kappa shape index (κ1) is 13.2. The zero-order valence-corrected chi connectivity index (χ0v) is 10.3. The van der Waals surface area contributed by atoms with Crippen LogP contribution in [0.4, 0.5) is 5.82 Å². The fraction of sp³-hybridized carbons (Fsp3) is 0.385. The van der Waals surface area contributed by atoms with Gasteiger partial charge < -0.3 is 10.0 Å². The van der Waals surface area contributed by atoms with E-state index in [0.717, 1.165) is 18.7 Å². The molecule has 1 aromatic rings. The second-order valence-corrected chi connectivity index (χ2v) is 3.69. The lowest BCUT2D eigenvalue weighted by Gasteiger charge is -2.21. The zero-order valence-electron chi connectivity index (χ0n) is 10.3. The first-order chi connectivity index (χ1) is 8.12. The van der Waals surface area contributed by atoms with Gasteiger partial charge in [-0.05, 0) is 25.5 Å². The van der Waals surface area contributed by atoms with Crippen LogP contribution >= 0.6 is 0 Å². The highest BCUT2D eigenvalue weighted by Crippen LogP contribution is 2.15. The average Bonchev–Trinajstić information content (AvgIpc) is 2.35. The standard InChI is InChI=1S/C13H18N2O2/c1-4-7-15(6-3)12-9-10(13(16)17)8-11(5-2)14-12/h4,8-9H,1,5-7H2,2-3H3,(H,16,17). The van der Waals surface area contributed by atoms with Crippen LogP contribution in [0.25, 0.3) is 0 Å². The minimum Gasteiger partial charge on any atom is -0.478 e. The summed E-state index contributed by atoms with van der Waals surface area (Å²) >= 11 is 0. The third kappa shape index (κ3) is 3.31. The lowest BCUT2D eigenvalue weighted by molar-refractivity contribution is 0.0696. The topological polar surface area (TPSA) is 53.4 Å². The Morgan fingerprint density at radius 3 is 2.71 bits per heavy atom. The molecule has 4 nitrogen and oxygen atoms in total. The fourth-order valence-electron chi connectivity index (χ4n) is 1.58. The van der Waals surface area contributed by atoms with Gasteiger partial charge >= 0.3 is 5.97 Å². The predicted molar refractivity (Wildman–Crippen MR) is 68.7 cm³/mol. The number of rotatable bonds is 6. The van der Waals surface area contributed by atoms with E-state index >= 15 is 0 Å². The molecule has 92 valence electrons. The highest BCUT2D eigenvalue weighted by molar-refractivity contribution is 5.88. The molecule has 1 rings (SSSR count). The largest absolute Gasteiger partial charge is 0.478 e. The smallest absolute Gasteiger partial charge is 0.335 e. The van der Waals surface area contributed by atoms with Gasteiger partial charge in [0.2, 0.25) is 0 Å². The van der Waals surface area contributed by atoms with Crippen LogP contribution < -0.4 is 4.90 Å². The van der Waals surface area contributed by atoms with Gasteiger partial charge in [-0.3, -0.25) is 0 Å². The van der Waals surface area contributed by atoms with E-state index in [1.165, 1.54) is 0 Å². The fourth-order valence-corrected chi connectivity index (χ4v) is 1.58. The Morgan fingerprint density at radius 2 is 2.24 bits per heavy atom. The number of carbonyl (C=O) groups is 1. The number of carboxylic acid groups (broad SMARTS) is 1. The summed E-state index contributed by atoms with van der Waals surface area (Å²) in [4.78, 5) is 17.4. The summed E-state index contributed by atoms with van der Waals surface area (Å²) in [7, 11) is 0. The number of carboxylic acids is 1. The van der Waals surface area contributed by atoms with E-state index < -0.39 is 5.97 Å². The highest BCUT2D eigenvalue weighted by atomic mass is 16.4. The molecule has 0 aromatic carbocycles. The van der Waals surface area contributed by atoms with Crippen molar-refractivity contribution in [1.29, 1.82) is 0 Å². The molecule has 0 amide bonds. The van der Waals surface area contributed by atoms with Crippen molar-refractivity contribution in [3.8, 4) is 0 Å². The first-order valence-corrected chi connectivity index (χ1v) is 5.72. The zero-order chi connectivity index (χ0) is 12.8. The number of aryl methyl sites for hydroxylation is 1. The second kappa shape index (κ2) is 6.03. The summed E-state index contributed by atoms with van der Waals surface area (Å²) in [5, 5.41) is 9.05. The van der Waals surface area contributed by atoms with Crippen molar-refractivity contribution < 1.29 is 9.90 Å². The van der Waals surface area contributed by atoms with E-state index in [4.69, 9.17) is 5.11 Å². The van der Waals surface area contributed by atoms with E-state index in [1.807, 2.05) is 18.7 Å². The second-order valence-electron chi connectivity index (χ2n) is 3.69. The number of aromatic nitrogens is 1. The van der Waals surface area contributed by atoms with Gasteiger partial charge in [0.05, 0.1) is 5.56 Å². The Balaban J connectivity index is 3.17. The van der Waals surface area contributed by atoms with Gasteiger partial charge in [0.25, 0.3) is 0 Å². The average molecular weight is 234 g/mol. The Bertz CT molecular complexity index is 416. The molecule has 0 spiro atoms. The van der Waals surface area contributed by atoms with Crippen LogP contribution in [0, 0.1) is 0 Å². The van der Waals surface area contributed by atoms with Gasteiger partial charge in [0.15, 0.2) is 0 Å². The molecular formula is C13H18N2O2. The molecule has 0 radical (unpaired) electrons. The first-order valence-electron chi connectivity index (χ1n) is 5.72. The SMILES string of the molecule is C=CCN(CC)c1cc(C(=O)O)cc(CC)n1. The lowest BCUT2D eigenvalue weighted by atomic mass is 10.2. The number of pyridine rings is 1. The third-order valence-electron chi connectivity index (χ3n) is 2.53. The molecule has 0 aliphatic carbocycles. The van der Waals surface area contributed by atoms with Gasteiger partial charge in [-0.2, -0.15) is 0 Å². The Kier molecular flexibility index (Phi) is 4.69. The summed E-state index contributed by atoms with van der Waals surface area (Å²) in [6.45, 7) is 9.08. The maximum atomic E-state index is 11.0. The monoisotopic (exact) mass is 234 g/mol. The molecule has 0 saturated heterocycles. The van der Waals surface area contributed by atoms with Crippen LogP contribution in [0.3, 0.4) is 0 Å². The molecule has 1 N–H and O–H groups in total. The maximum absolute atomic E-state index is 11.0. The van der Waals surface area contributed by atoms with Gasteiger partial charge in [0.1, 0.15) is 5.82 Å². The predicted octanol–water partition coefficient (Wildman–Crippen LogP) is 2.35. The van der Waals surface area contributed by atoms with E-state index in [-0.39, 0.29) is 5.56 Å². The van der Waals surface area contributed by atoms with Gasteiger partial charge in [0, 0.05) is 18.8 Å². The number of aromatic carboxylic acids is 1. The van der Waals surface area contributed by atoms with Gasteiger partial charge in [-0.1, -0.05) is 13.0 Å². The van der Waals surface area contributed by atoms with E-state index in [9.17, 15) is 4.79 Å². The van der Waals surface area contributed by atoms with Crippen molar-refractivity contribution >= 4 is 11.8 Å². The van der Waals surface area contributed by atoms with Crippen molar-refractivity contribution in [3.05, 3.63) is 36.0 Å². The summed E-state index contributed by atoms with van der Waals surface area (Å²) in [5.74, 6) is -0.220.